The topological polar surface area (TPSA) is 59.8 Å². The summed E-state index contributed by atoms with van der Waals surface area (Å²) in [7, 11) is 0. The van der Waals surface area contributed by atoms with Gasteiger partial charge in [0.1, 0.15) is 5.82 Å². The summed E-state index contributed by atoms with van der Waals surface area (Å²) in [5.74, 6) is 1.14. The predicted octanol–water partition coefficient (Wildman–Crippen LogP) is 5.18. The van der Waals surface area contributed by atoms with Crippen molar-refractivity contribution in [2.45, 2.75) is 26.0 Å². The largest absolute Gasteiger partial charge is 0.310 e. The van der Waals surface area contributed by atoms with Gasteiger partial charge in [-0.3, -0.25) is 4.79 Å². The van der Waals surface area contributed by atoms with E-state index in [1.165, 1.54) is 16.7 Å². The number of nitrogens with one attached hydrogen (secondary N) is 1. The minimum absolute atomic E-state index is 0.00854. The van der Waals surface area contributed by atoms with Gasteiger partial charge in [-0.2, -0.15) is 9.78 Å². The van der Waals surface area contributed by atoms with Crippen LogP contribution < -0.4 is 5.32 Å². The van der Waals surface area contributed by atoms with Gasteiger partial charge in [-0.1, -0.05) is 47.2 Å². The number of para-hydroxylation sites is 1. The van der Waals surface area contributed by atoms with E-state index in [-0.39, 0.29) is 11.2 Å². The molecule has 0 fully saturated rings. The van der Waals surface area contributed by atoms with E-state index in [1.54, 1.807) is 27.8 Å². The molecule has 1 amide bonds. The molecule has 0 unspecified atom stereocenters. The lowest BCUT2D eigenvalue weighted by atomic mass is 9.98. The quantitative estimate of drug-likeness (QED) is 0.485. The van der Waals surface area contributed by atoms with Gasteiger partial charge < -0.3 is 5.32 Å². The van der Waals surface area contributed by atoms with E-state index in [0.717, 1.165) is 32.4 Å². The number of benzene rings is 2. The monoisotopic (exact) mass is 420 g/mol. The van der Waals surface area contributed by atoms with Crippen molar-refractivity contribution < 1.29 is 4.79 Å². The van der Waals surface area contributed by atoms with Crippen LogP contribution in [0.15, 0.2) is 42.5 Å². The number of thiazole rings is 1. The first-order chi connectivity index (χ1) is 14.0. The summed E-state index contributed by atoms with van der Waals surface area (Å²) in [6.07, 6.45) is 0. The lowest BCUT2D eigenvalue weighted by molar-refractivity contribution is -0.113. The first-order valence-corrected chi connectivity index (χ1v) is 11.3. The SMILES string of the molecule is Cc1ccc([C@@H]2SCC(=O)Nc3c2c(C)nn3-c2nc3ccccc3s2)c(C)c1. The Labute approximate surface area is 177 Å². The number of hydrogen-bond donors (Lipinski definition) is 1. The van der Waals surface area contributed by atoms with Crippen LogP contribution in [-0.2, 0) is 4.79 Å². The highest BCUT2D eigenvalue weighted by Crippen LogP contribution is 2.45. The molecule has 4 aromatic rings. The van der Waals surface area contributed by atoms with Gasteiger partial charge in [0.25, 0.3) is 0 Å². The average molecular weight is 421 g/mol. The molecule has 2 aromatic heterocycles. The molecule has 0 radical (unpaired) electrons. The molecule has 3 heterocycles. The van der Waals surface area contributed by atoms with Crippen LogP contribution in [0.4, 0.5) is 5.82 Å². The first kappa shape index (κ1) is 18.4. The molecule has 0 saturated heterocycles. The third-order valence-electron chi connectivity index (χ3n) is 5.18. The predicted molar refractivity (Wildman–Crippen MR) is 120 cm³/mol. The molecular weight excluding hydrogens is 400 g/mol. The maximum atomic E-state index is 12.5. The molecule has 2 aromatic carbocycles. The molecule has 0 spiro atoms. The van der Waals surface area contributed by atoms with Crippen molar-refractivity contribution >= 4 is 45.0 Å². The highest BCUT2D eigenvalue weighted by Gasteiger charge is 2.32. The minimum Gasteiger partial charge on any atom is -0.310 e. The van der Waals surface area contributed by atoms with Crippen molar-refractivity contribution in [3.05, 3.63) is 70.4 Å². The van der Waals surface area contributed by atoms with Crippen LogP contribution in [0.5, 0.6) is 0 Å². The van der Waals surface area contributed by atoms with Crippen molar-refractivity contribution in [3.8, 4) is 5.13 Å². The van der Waals surface area contributed by atoms with Gasteiger partial charge in [-0.15, -0.1) is 11.8 Å². The molecule has 5 rings (SSSR count). The van der Waals surface area contributed by atoms with Crippen LogP contribution >= 0.6 is 23.1 Å². The number of thioether (sulfide) groups is 1. The fraction of sp³-hybridized carbons (Fsp3) is 0.227. The van der Waals surface area contributed by atoms with E-state index in [1.807, 2.05) is 25.1 Å². The number of hydrogen-bond acceptors (Lipinski definition) is 5. The zero-order valence-electron chi connectivity index (χ0n) is 16.4. The second-order valence-corrected chi connectivity index (χ2v) is 9.43. The number of rotatable bonds is 2. The van der Waals surface area contributed by atoms with Crippen molar-refractivity contribution in [2.75, 3.05) is 11.1 Å². The molecule has 0 bridgehead atoms. The molecule has 1 aliphatic heterocycles. The van der Waals surface area contributed by atoms with Gasteiger partial charge in [-0.25, -0.2) is 4.98 Å². The van der Waals surface area contributed by atoms with Gasteiger partial charge in [0.05, 0.1) is 26.9 Å². The number of anilines is 1. The molecule has 1 N–H and O–H groups in total. The maximum Gasteiger partial charge on any atom is 0.235 e. The van der Waals surface area contributed by atoms with Crippen molar-refractivity contribution in [1.29, 1.82) is 0 Å². The molecule has 1 atom stereocenters. The third-order valence-corrected chi connectivity index (χ3v) is 7.44. The van der Waals surface area contributed by atoms with Gasteiger partial charge in [-0.05, 0) is 44.0 Å². The summed E-state index contributed by atoms with van der Waals surface area (Å²) >= 11 is 3.23. The van der Waals surface area contributed by atoms with E-state index < -0.39 is 0 Å². The molecule has 146 valence electrons. The van der Waals surface area contributed by atoms with Crippen molar-refractivity contribution in [3.63, 3.8) is 0 Å². The fourth-order valence-electron chi connectivity index (χ4n) is 3.84. The molecule has 1 aliphatic rings. The van der Waals surface area contributed by atoms with Gasteiger partial charge in [0.2, 0.25) is 11.0 Å². The zero-order chi connectivity index (χ0) is 20.1. The Morgan fingerprint density at radius 1 is 1.14 bits per heavy atom. The highest BCUT2D eigenvalue weighted by molar-refractivity contribution is 8.00. The van der Waals surface area contributed by atoms with E-state index in [0.29, 0.717) is 5.75 Å². The van der Waals surface area contributed by atoms with Crippen LogP contribution in [0.2, 0.25) is 0 Å². The molecule has 0 aliphatic carbocycles. The number of aromatic nitrogens is 3. The van der Waals surface area contributed by atoms with Gasteiger partial charge in [0.15, 0.2) is 0 Å². The van der Waals surface area contributed by atoms with E-state index in [2.05, 4.69) is 43.4 Å². The first-order valence-electron chi connectivity index (χ1n) is 9.45. The fourth-order valence-corrected chi connectivity index (χ4v) is 6.05. The molecular formula is C22H20N4OS2. The number of carbonyl (C=O) groups is 1. The van der Waals surface area contributed by atoms with Crippen LogP contribution in [0, 0.1) is 20.8 Å². The van der Waals surface area contributed by atoms with E-state index in [9.17, 15) is 4.79 Å². The van der Waals surface area contributed by atoms with E-state index >= 15 is 0 Å². The Bertz CT molecular complexity index is 1220. The van der Waals surface area contributed by atoms with E-state index in [4.69, 9.17) is 10.1 Å². The number of amides is 1. The van der Waals surface area contributed by atoms with Crippen LogP contribution in [-0.4, -0.2) is 26.4 Å². The number of aryl methyl sites for hydroxylation is 3. The third kappa shape index (κ3) is 3.14. The lowest BCUT2D eigenvalue weighted by Crippen LogP contribution is -2.15. The highest BCUT2D eigenvalue weighted by atomic mass is 32.2. The Kier molecular flexibility index (Phi) is 4.44. The average Bonchev–Trinajstić information content (AvgIpc) is 3.19. The summed E-state index contributed by atoms with van der Waals surface area (Å²) < 4.78 is 2.90. The number of carbonyl (C=O) groups excluding carboxylic acids is 1. The van der Waals surface area contributed by atoms with Crippen LogP contribution in [0.3, 0.4) is 0 Å². The number of nitrogens with zero attached hydrogens (tertiary/aromatic N) is 3. The standard InChI is InChI=1S/C22H20N4OS2/c1-12-8-9-15(13(2)10-12)20-19-14(3)25-26(21(19)24-18(27)11-28-20)22-23-16-6-4-5-7-17(16)29-22/h4-10,20H,11H2,1-3H3,(H,24,27)/t20-/m0/s1. The normalized spacial score (nSPS) is 16.5. The minimum atomic E-state index is -0.00854. The zero-order valence-corrected chi connectivity index (χ0v) is 18.0. The lowest BCUT2D eigenvalue weighted by Gasteiger charge is -2.18. The van der Waals surface area contributed by atoms with Crippen LogP contribution in [0.25, 0.3) is 15.3 Å². The molecule has 5 nitrogen and oxygen atoms in total. The van der Waals surface area contributed by atoms with Crippen LogP contribution in [0.1, 0.15) is 33.2 Å². The summed E-state index contributed by atoms with van der Waals surface area (Å²) in [6.45, 7) is 6.25. The summed E-state index contributed by atoms with van der Waals surface area (Å²) in [5, 5.41) is 8.70. The van der Waals surface area contributed by atoms with Crippen molar-refractivity contribution in [2.24, 2.45) is 0 Å². The second-order valence-electron chi connectivity index (χ2n) is 7.32. The maximum absolute atomic E-state index is 12.5. The summed E-state index contributed by atoms with van der Waals surface area (Å²) in [6, 6.07) is 14.5. The molecule has 7 heteroatoms. The summed E-state index contributed by atoms with van der Waals surface area (Å²) in [4.78, 5) is 17.3. The molecule has 29 heavy (non-hydrogen) atoms. The Morgan fingerprint density at radius 2 is 1.97 bits per heavy atom. The van der Waals surface area contributed by atoms with Gasteiger partial charge in [0, 0.05) is 5.56 Å². The van der Waals surface area contributed by atoms with Gasteiger partial charge >= 0.3 is 0 Å². The molecule has 0 saturated carbocycles. The Balaban J connectivity index is 1.70. The Morgan fingerprint density at radius 3 is 2.76 bits per heavy atom. The summed E-state index contributed by atoms with van der Waals surface area (Å²) in [5.41, 5.74) is 6.61. The second kappa shape index (κ2) is 7.00. The van der Waals surface area contributed by atoms with Crippen molar-refractivity contribution in [1.82, 2.24) is 14.8 Å². The smallest absolute Gasteiger partial charge is 0.235 e. The Hall–Kier alpha value is -2.64. The number of fused-ring (bicyclic) bond motifs is 2.